The fourth-order valence-corrected chi connectivity index (χ4v) is 1.91. The highest BCUT2D eigenvalue weighted by Crippen LogP contribution is 2.13. The van der Waals surface area contributed by atoms with Crippen LogP contribution in [0.25, 0.3) is 0 Å². The van der Waals surface area contributed by atoms with Crippen molar-refractivity contribution in [1.29, 1.82) is 0 Å². The van der Waals surface area contributed by atoms with Crippen molar-refractivity contribution >= 4 is 11.6 Å². The average Bonchev–Trinajstić information content (AvgIpc) is 2.45. The highest BCUT2D eigenvalue weighted by atomic mass is 16.2. The lowest BCUT2D eigenvalue weighted by molar-refractivity contribution is -0.117. The third kappa shape index (κ3) is 5.04. The van der Waals surface area contributed by atoms with Crippen molar-refractivity contribution < 1.29 is 4.79 Å². The first kappa shape index (κ1) is 16.2. The third-order valence-corrected chi connectivity index (χ3v) is 3.17. The third-order valence-electron chi connectivity index (χ3n) is 3.17. The standard InChI is InChI=1S/C16H23N3O/c1-4-8-15(17)16(20)18-14-10-7-9-13(11-14)12-19(5-2)6-3/h1,7,9-11,15H,5-6,8,12,17H2,2-3H3,(H,18,20). The molecular weight excluding hydrogens is 250 g/mol. The summed E-state index contributed by atoms with van der Waals surface area (Å²) in [7, 11) is 0. The summed E-state index contributed by atoms with van der Waals surface area (Å²) in [6.45, 7) is 7.13. The molecule has 1 aromatic rings. The van der Waals surface area contributed by atoms with Crippen LogP contribution in [-0.2, 0) is 11.3 Å². The first-order chi connectivity index (χ1) is 9.60. The molecule has 0 saturated carbocycles. The number of carbonyl (C=O) groups is 1. The van der Waals surface area contributed by atoms with Gasteiger partial charge in [0.1, 0.15) is 0 Å². The second-order valence-electron chi connectivity index (χ2n) is 4.67. The van der Waals surface area contributed by atoms with E-state index in [1.807, 2.05) is 18.2 Å². The predicted molar refractivity (Wildman–Crippen MR) is 83.1 cm³/mol. The van der Waals surface area contributed by atoms with Gasteiger partial charge in [-0.3, -0.25) is 9.69 Å². The van der Waals surface area contributed by atoms with E-state index in [-0.39, 0.29) is 12.3 Å². The summed E-state index contributed by atoms with van der Waals surface area (Å²) in [6.07, 6.45) is 5.40. The number of amides is 1. The zero-order valence-electron chi connectivity index (χ0n) is 12.2. The number of benzene rings is 1. The molecule has 1 atom stereocenters. The summed E-state index contributed by atoms with van der Waals surface area (Å²) in [4.78, 5) is 14.1. The first-order valence-corrected chi connectivity index (χ1v) is 6.91. The van der Waals surface area contributed by atoms with Crippen molar-refractivity contribution in [2.75, 3.05) is 18.4 Å². The van der Waals surface area contributed by atoms with Crippen molar-refractivity contribution in [2.45, 2.75) is 32.9 Å². The molecule has 0 bridgehead atoms. The van der Waals surface area contributed by atoms with Gasteiger partial charge in [-0.25, -0.2) is 0 Å². The molecule has 0 spiro atoms. The van der Waals surface area contributed by atoms with Gasteiger partial charge in [0, 0.05) is 18.7 Å². The van der Waals surface area contributed by atoms with E-state index in [1.54, 1.807) is 0 Å². The fourth-order valence-electron chi connectivity index (χ4n) is 1.91. The number of rotatable bonds is 7. The molecule has 4 heteroatoms. The van der Waals surface area contributed by atoms with Gasteiger partial charge >= 0.3 is 0 Å². The molecule has 1 unspecified atom stereocenters. The van der Waals surface area contributed by atoms with Crippen molar-refractivity contribution in [1.82, 2.24) is 4.90 Å². The quantitative estimate of drug-likeness (QED) is 0.745. The van der Waals surface area contributed by atoms with Crippen LogP contribution in [0.1, 0.15) is 25.8 Å². The molecular formula is C16H23N3O. The molecule has 1 amide bonds. The average molecular weight is 273 g/mol. The number of terminal acetylenes is 1. The molecule has 0 aromatic heterocycles. The summed E-state index contributed by atoms with van der Waals surface area (Å²) in [5, 5.41) is 2.80. The molecule has 0 fully saturated rings. The largest absolute Gasteiger partial charge is 0.325 e. The number of carbonyl (C=O) groups excluding carboxylic acids is 1. The minimum Gasteiger partial charge on any atom is -0.325 e. The Hall–Kier alpha value is -1.83. The summed E-state index contributed by atoms with van der Waals surface area (Å²) in [5.74, 6) is 2.15. The van der Waals surface area contributed by atoms with Gasteiger partial charge in [-0.1, -0.05) is 26.0 Å². The molecule has 4 nitrogen and oxygen atoms in total. The fraction of sp³-hybridized carbons (Fsp3) is 0.438. The van der Waals surface area contributed by atoms with Gasteiger partial charge in [-0.05, 0) is 30.8 Å². The molecule has 20 heavy (non-hydrogen) atoms. The highest BCUT2D eigenvalue weighted by Gasteiger charge is 2.12. The number of hydrogen-bond donors (Lipinski definition) is 2. The second-order valence-corrected chi connectivity index (χ2v) is 4.67. The van der Waals surface area contributed by atoms with Gasteiger partial charge in [0.05, 0.1) is 6.04 Å². The van der Waals surface area contributed by atoms with E-state index in [2.05, 4.69) is 36.1 Å². The Balaban J connectivity index is 2.68. The SMILES string of the molecule is C#CCC(N)C(=O)Nc1cccc(CN(CC)CC)c1. The van der Waals surface area contributed by atoms with Crippen LogP contribution in [0.3, 0.4) is 0 Å². The molecule has 1 rings (SSSR count). The Morgan fingerprint density at radius 3 is 2.75 bits per heavy atom. The zero-order chi connectivity index (χ0) is 15.0. The number of hydrogen-bond acceptors (Lipinski definition) is 3. The Morgan fingerprint density at radius 1 is 1.45 bits per heavy atom. The molecule has 0 aliphatic rings. The number of nitrogens with zero attached hydrogens (tertiary/aromatic N) is 1. The summed E-state index contributed by atoms with van der Waals surface area (Å²) in [6, 6.07) is 7.15. The minimum atomic E-state index is -0.661. The van der Waals surface area contributed by atoms with Gasteiger partial charge in [-0.2, -0.15) is 0 Å². The van der Waals surface area contributed by atoms with Crippen LogP contribution >= 0.6 is 0 Å². The van der Waals surface area contributed by atoms with E-state index in [0.717, 1.165) is 30.9 Å². The molecule has 108 valence electrons. The van der Waals surface area contributed by atoms with Crippen LogP contribution in [0.15, 0.2) is 24.3 Å². The topological polar surface area (TPSA) is 58.4 Å². The van der Waals surface area contributed by atoms with Crippen molar-refractivity contribution in [3.63, 3.8) is 0 Å². The van der Waals surface area contributed by atoms with Gasteiger partial charge in [0.15, 0.2) is 0 Å². The van der Waals surface area contributed by atoms with Crippen molar-refractivity contribution in [3.8, 4) is 12.3 Å². The van der Waals surface area contributed by atoms with Gasteiger partial charge in [0.2, 0.25) is 5.91 Å². The minimum absolute atomic E-state index is 0.241. The molecule has 0 aliphatic heterocycles. The van der Waals surface area contributed by atoms with Crippen molar-refractivity contribution in [2.24, 2.45) is 5.73 Å². The van der Waals surface area contributed by atoms with E-state index >= 15 is 0 Å². The second kappa shape index (κ2) is 8.36. The molecule has 0 heterocycles. The summed E-state index contributed by atoms with van der Waals surface area (Å²) < 4.78 is 0. The molecule has 3 N–H and O–H groups in total. The zero-order valence-corrected chi connectivity index (χ0v) is 12.2. The monoisotopic (exact) mass is 273 g/mol. The predicted octanol–water partition coefficient (Wildman–Crippen LogP) is 1.82. The van der Waals surface area contributed by atoms with E-state index in [0.29, 0.717) is 0 Å². The van der Waals surface area contributed by atoms with Gasteiger partial charge in [-0.15, -0.1) is 12.3 Å². The Kier molecular flexibility index (Phi) is 6.78. The number of anilines is 1. The Bertz CT molecular complexity index is 475. The Labute approximate surface area is 121 Å². The van der Waals surface area contributed by atoms with Gasteiger partial charge in [0.25, 0.3) is 0 Å². The normalized spacial score (nSPS) is 11.9. The van der Waals surface area contributed by atoms with E-state index in [1.165, 1.54) is 0 Å². The lowest BCUT2D eigenvalue weighted by Gasteiger charge is -2.18. The molecule has 0 aliphatic carbocycles. The van der Waals surface area contributed by atoms with Crippen LogP contribution < -0.4 is 11.1 Å². The van der Waals surface area contributed by atoms with Crippen LogP contribution in [0.5, 0.6) is 0 Å². The van der Waals surface area contributed by atoms with Crippen LogP contribution in [0, 0.1) is 12.3 Å². The van der Waals surface area contributed by atoms with Gasteiger partial charge < -0.3 is 11.1 Å². The summed E-state index contributed by atoms with van der Waals surface area (Å²) in [5.41, 5.74) is 7.60. The molecule has 0 radical (unpaired) electrons. The maximum Gasteiger partial charge on any atom is 0.242 e. The van der Waals surface area contributed by atoms with Crippen LogP contribution in [-0.4, -0.2) is 29.9 Å². The van der Waals surface area contributed by atoms with E-state index in [4.69, 9.17) is 12.2 Å². The van der Waals surface area contributed by atoms with E-state index < -0.39 is 6.04 Å². The van der Waals surface area contributed by atoms with Crippen molar-refractivity contribution in [3.05, 3.63) is 29.8 Å². The summed E-state index contributed by atoms with van der Waals surface area (Å²) >= 11 is 0. The van der Waals surface area contributed by atoms with Crippen LogP contribution in [0.2, 0.25) is 0 Å². The highest BCUT2D eigenvalue weighted by molar-refractivity contribution is 5.94. The number of nitrogens with one attached hydrogen (secondary N) is 1. The number of nitrogens with two attached hydrogens (primary N) is 1. The first-order valence-electron chi connectivity index (χ1n) is 6.91. The lowest BCUT2D eigenvalue weighted by Crippen LogP contribution is -2.35. The molecule has 0 saturated heterocycles. The maximum absolute atomic E-state index is 11.8. The maximum atomic E-state index is 11.8. The lowest BCUT2D eigenvalue weighted by atomic mass is 10.1. The smallest absolute Gasteiger partial charge is 0.242 e. The van der Waals surface area contributed by atoms with Crippen LogP contribution in [0.4, 0.5) is 5.69 Å². The Morgan fingerprint density at radius 2 is 2.15 bits per heavy atom. The van der Waals surface area contributed by atoms with E-state index in [9.17, 15) is 4.79 Å². The molecule has 1 aromatic carbocycles.